The molecule has 0 saturated carbocycles. The number of carbonyl (C=O) groups excluding carboxylic acids is 1. The molecule has 6 heteroatoms. The van der Waals surface area contributed by atoms with E-state index in [2.05, 4.69) is 4.98 Å². The van der Waals surface area contributed by atoms with Gasteiger partial charge in [0.2, 0.25) is 0 Å². The van der Waals surface area contributed by atoms with Gasteiger partial charge in [-0.2, -0.15) is 0 Å². The summed E-state index contributed by atoms with van der Waals surface area (Å²) >= 11 is 1.32. The monoisotopic (exact) mass is 272 g/mol. The number of nitrogens with zero attached hydrogens (tertiary/aromatic N) is 2. The molecule has 0 unspecified atom stereocenters. The van der Waals surface area contributed by atoms with Gasteiger partial charge in [-0.3, -0.25) is 4.79 Å². The van der Waals surface area contributed by atoms with E-state index in [4.69, 9.17) is 0 Å². The minimum atomic E-state index is -0.679. The number of aliphatic hydroxyl groups excluding tert-OH is 2. The van der Waals surface area contributed by atoms with Crippen LogP contribution in [0, 0.1) is 5.41 Å². The molecule has 1 aromatic heterocycles. The van der Waals surface area contributed by atoms with Gasteiger partial charge in [-0.15, -0.1) is 11.3 Å². The molecular formula is C12H20N2O3S. The summed E-state index contributed by atoms with van der Waals surface area (Å²) in [6.07, 6.45) is 0.718. The van der Waals surface area contributed by atoms with Gasteiger partial charge in [0.05, 0.1) is 24.4 Å². The Morgan fingerprint density at radius 2 is 2.11 bits per heavy atom. The van der Waals surface area contributed by atoms with Crippen molar-refractivity contribution in [2.45, 2.75) is 20.3 Å². The van der Waals surface area contributed by atoms with Crippen LogP contribution in [-0.2, 0) is 6.42 Å². The van der Waals surface area contributed by atoms with Crippen molar-refractivity contribution in [2.24, 2.45) is 5.41 Å². The molecule has 1 rings (SSSR count). The average molecular weight is 272 g/mol. The lowest BCUT2D eigenvalue weighted by molar-refractivity contribution is 0.0368. The second kappa shape index (κ2) is 6.26. The SMILES string of the molecule is CCc1ncsc1C(=O)N(C)CC(C)(CO)CO. The Labute approximate surface area is 111 Å². The van der Waals surface area contributed by atoms with Crippen molar-refractivity contribution in [3.05, 3.63) is 16.1 Å². The Kier molecular flexibility index (Phi) is 5.25. The maximum Gasteiger partial charge on any atom is 0.265 e. The molecule has 0 bridgehead atoms. The van der Waals surface area contributed by atoms with E-state index >= 15 is 0 Å². The van der Waals surface area contributed by atoms with Gasteiger partial charge in [0.25, 0.3) is 5.91 Å². The average Bonchev–Trinajstić information content (AvgIpc) is 2.85. The first-order valence-electron chi connectivity index (χ1n) is 5.87. The Balaban J connectivity index is 2.79. The molecule has 5 nitrogen and oxygen atoms in total. The predicted octanol–water partition coefficient (Wildman–Crippen LogP) is 0.768. The zero-order valence-corrected chi connectivity index (χ0v) is 11.8. The summed E-state index contributed by atoms with van der Waals surface area (Å²) in [5, 5.41) is 18.5. The topological polar surface area (TPSA) is 73.7 Å². The van der Waals surface area contributed by atoms with E-state index in [1.54, 1.807) is 19.5 Å². The van der Waals surface area contributed by atoms with Crippen LogP contribution in [0.3, 0.4) is 0 Å². The first-order chi connectivity index (χ1) is 8.47. The lowest BCUT2D eigenvalue weighted by Crippen LogP contribution is -2.41. The molecule has 0 aliphatic heterocycles. The van der Waals surface area contributed by atoms with Gasteiger partial charge in [-0.25, -0.2) is 4.98 Å². The Morgan fingerprint density at radius 1 is 1.50 bits per heavy atom. The van der Waals surface area contributed by atoms with Gasteiger partial charge in [0.1, 0.15) is 4.88 Å². The summed E-state index contributed by atoms with van der Waals surface area (Å²) in [6, 6.07) is 0. The van der Waals surface area contributed by atoms with Gasteiger partial charge in [-0.05, 0) is 6.42 Å². The van der Waals surface area contributed by atoms with Crippen LogP contribution in [0.15, 0.2) is 5.51 Å². The van der Waals surface area contributed by atoms with Gasteiger partial charge in [0, 0.05) is 19.0 Å². The van der Waals surface area contributed by atoms with Crippen LogP contribution in [0.1, 0.15) is 29.2 Å². The van der Waals surface area contributed by atoms with E-state index in [1.807, 2.05) is 6.92 Å². The molecule has 2 N–H and O–H groups in total. The Bertz CT molecular complexity index is 402. The zero-order valence-electron chi connectivity index (χ0n) is 11.0. The highest BCUT2D eigenvalue weighted by atomic mass is 32.1. The number of amides is 1. The fraction of sp³-hybridized carbons (Fsp3) is 0.667. The van der Waals surface area contributed by atoms with Gasteiger partial charge in [-0.1, -0.05) is 13.8 Å². The van der Waals surface area contributed by atoms with E-state index < -0.39 is 5.41 Å². The number of aliphatic hydroxyl groups is 2. The van der Waals surface area contributed by atoms with Crippen LogP contribution in [-0.4, -0.2) is 52.8 Å². The fourth-order valence-electron chi connectivity index (χ4n) is 1.66. The fourth-order valence-corrected chi connectivity index (χ4v) is 2.54. The maximum atomic E-state index is 12.2. The highest BCUT2D eigenvalue weighted by Crippen LogP contribution is 2.20. The van der Waals surface area contributed by atoms with Crippen molar-refractivity contribution >= 4 is 17.2 Å². The van der Waals surface area contributed by atoms with E-state index in [-0.39, 0.29) is 19.1 Å². The molecule has 0 radical (unpaired) electrons. The third-order valence-corrected chi connectivity index (χ3v) is 3.76. The Hall–Kier alpha value is -0.980. The third kappa shape index (κ3) is 3.28. The molecule has 0 spiro atoms. The first-order valence-corrected chi connectivity index (χ1v) is 6.75. The molecule has 0 aromatic carbocycles. The number of rotatable bonds is 6. The van der Waals surface area contributed by atoms with Crippen LogP contribution in [0.5, 0.6) is 0 Å². The van der Waals surface area contributed by atoms with E-state index in [0.29, 0.717) is 11.4 Å². The normalized spacial score (nSPS) is 11.6. The molecule has 0 aliphatic rings. The first kappa shape index (κ1) is 15.1. The van der Waals surface area contributed by atoms with Crippen molar-refractivity contribution in [3.8, 4) is 0 Å². The highest BCUT2D eigenvalue weighted by Gasteiger charge is 2.28. The van der Waals surface area contributed by atoms with Crippen molar-refractivity contribution in [1.82, 2.24) is 9.88 Å². The number of carbonyl (C=O) groups is 1. The molecule has 0 saturated heterocycles. The number of hydrogen-bond acceptors (Lipinski definition) is 5. The highest BCUT2D eigenvalue weighted by molar-refractivity contribution is 7.11. The molecular weight excluding hydrogens is 252 g/mol. The van der Waals surface area contributed by atoms with Gasteiger partial charge >= 0.3 is 0 Å². The minimum absolute atomic E-state index is 0.109. The molecule has 1 heterocycles. The van der Waals surface area contributed by atoms with Crippen molar-refractivity contribution in [3.63, 3.8) is 0 Å². The standard InChI is InChI=1S/C12H20N2O3S/c1-4-9-10(18-8-13-9)11(17)14(3)5-12(2,6-15)7-16/h8,15-16H,4-7H2,1-3H3. The number of aryl methyl sites for hydroxylation is 1. The minimum Gasteiger partial charge on any atom is -0.396 e. The quantitative estimate of drug-likeness (QED) is 0.802. The van der Waals surface area contributed by atoms with Crippen LogP contribution >= 0.6 is 11.3 Å². The van der Waals surface area contributed by atoms with Crippen LogP contribution in [0.4, 0.5) is 0 Å². The summed E-state index contributed by atoms with van der Waals surface area (Å²) in [5.41, 5.74) is 1.78. The summed E-state index contributed by atoms with van der Waals surface area (Å²) in [7, 11) is 1.67. The number of thiazole rings is 1. The van der Waals surface area contributed by atoms with E-state index in [1.165, 1.54) is 16.2 Å². The zero-order chi connectivity index (χ0) is 13.8. The number of aromatic nitrogens is 1. The largest absolute Gasteiger partial charge is 0.396 e. The van der Waals surface area contributed by atoms with E-state index in [0.717, 1.165) is 12.1 Å². The van der Waals surface area contributed by atoms with Gasteiger partial charge < -0.3 is 15.1 Å². The lowest BCUT2D eigenvalue weighted by atomic mass is 9.92. The predicted molar refractivity (Wildman–Crippen MR) is 70.7 cm³/mol. The van der Waals surface area contributed by atoms with E-state index in [9.17, 15) is 15.0 Å². The summed E-state index contributed by atoms with van der Waals surface area (Å²) < 4.78 is 0. The third-order valence-electron chi connectivity index (χ3n) is 2.90. The lowest BCUT2D eigenvalue weighted by Gasteiger charge is -2.30. The van der Waals surface area contributed by atoms with Crippen LogP contribution < -0.4 is 0 Å². The summed E-state index contributed by atoms with van der Waals surface area (Å²) in [6.45, 7) is 3.68. The van der Waals surface area contributed by atoms with Crippen LogP contribution in [0.2, 0.25) is 0 Å². The Morgan fingerprint density at radius 3 is 2.61 bits per heavy atom. The second-order valence-corrected chi connectivity index (χ2v) is 5.62. The smallest absolute Gasteiger partial charge is 0.265 e. The van der Waals surface area contributed by atoms with Crippen molar-refractivity contribution in [2.75, 3.05) is 26.8 Å². The number of hydrogen-bond donors (Lipinski definition) is 2. The maximum absolute atomic E-state index is 12.2. The van der Waals surface area contributed by atoms with Gasteiger partial charge in [0.15, 0.2) is 0 Å². The molecule has 0 aliphatic carbocycles. The second-order valence-electron chi connectivity index (χ2n) is 4.77. The molecule has 1 aromatic rings. The summed E-state index contributed by atoms with van der Waals surface area (Å²) in [4.78, 5) is 18.5. The van der Waals surface area contributed by atoms with Crippen molar-refractivity contribution in [1.29, 1.82) is 0 Å². The molecule has 18 heavy (non-hydrogen) atoms. The molecule has 0 atom stereocenters. The molecule has 1 amide bonds. The van der Waals surface area contributed by atoms with Crippen LogP contribution in [0.25, 0.3) is 0 Å². The molecule has 102 valence electrons. The molecule has 0 fully saturated rings. The summed E-state index contributed by atoms with van der Waals surface area (Å²) in [5.74, 6) is -0.109. The van der Waals surface area contributed by atoms with Crippen molar-refractivity contribution < 1.29 is 15.0 Å².